The Hall–Kier alpha value is -0.340. The van der Waals surface area contributed by atoms with E-state index in [1.807, 2.05) is 20.8 Å². The molecule has 1 atom stereocenters. The molecule has 0 spiro atoms. The Labute approximate surface area is 91.8 Å². The number of carbonyl (C=O) groups excluding carboxylic acids is 1. The van der Waals surface area contributed by atoms with Gasteiger partial charge in [-0.2, -0.15) is 0 Å². The van der Waals surface area contributed by atoms with E-state index >= 15 is 0 Å². The molecular weight excluding hydrogens is 215 g/mol. The van der Waals surface area contributed by atoms with Crippen LogP contribution in [0.15, 0.2) is 0 Å². The Morgan fingerprint density at radius 3 is 1.80 bits per heavy atom. The van der Waals surface area contributed by atoms with Gasteiger partial charge < -0.3 is 4.74 Å². The highest BCUT2D eigenvalue weighted by atomic mass is 31.2. The Morgan fingerprint density at radius 2 is 1.53 bits per heavy atom. The topological polar surface area (TPSA) is 52.6 Å². The second-order valence-electron chi connectivity index (χ2n) is 5.10. The summed E-state index contributed by atoms with van der Waals surface area (Å²) in [5.41, 5.74) is 0. The Balaban J connectivity index is 4.73. The van der Waals surface area contributed by atoms with Gasteiger partial charge in [0.05, 0.1) is 0 Å². The van der Waals surface area contributed by atoms with Crippen LogP contribution >= 0.6 is 7.37 Å². The number of esters is 1. The van der Waals surface area contributed by atoms with E-state index < -0.39 is 24.3 Å². The van der Waals surface area contributed by atoms with Crippen molar-refractivity contribution in [3.63, 3.8) is 0 Å². The fourth-order valence-electron chi connectivity index (χ4n) is 0.921. The smallest absolute Gasteiger partial charge is 0.305 e. The number of hydrogen-bond donors (Lipinski definition) is 0. The van der Waals surface area contributed by atoms with Crippen molar-refractivity contribution in [3.8, 4) is 0 Å². The normalized spacial score (nSPS) is 17.0. The van der Waals surface area contributed by atoms with Crippen molar-refractivity contribution < 1.29 is 18.6 Å². The van der Waals surface area contributed by atoms with Crippen LogP contribution in [0, 0.1) is 0 Å². The van der Waals surface area contributed by atoms with Crippen molar-refractivity contribution in [1.29, 1.82) is 0 Å². The van der Waals surface area contributed by atoms with Gasteiger partial charge >= 0.3 is 5.97 Å². The van der Waals surface area contributed by atoms with Crippen LogP contribution in [0.2, 0.25) is 0 Å². The number of ether oxygens (including phenoxy) is 1. The van der Waals surface area contributed by atoms with Crippen molar-refractivity contribution in [1.82, 2.24) is 0 Å². The largest absolute Gasteiger partial charge is 0.433 e. The van der Waals surface area contributed by atoms with Crippen LogP contribution in [0.1, 0.15) is 41.5 Å². The number of rotatable bonds is 3. The SMILES string of the molecule is CC(=O)OC(C)(C)OP(C)(=O)C(C)(C)C. The van der Waals surface area contributed by atoms with E-state index in [2.05, 4.69) is 0 Å². The summed E-state index contributed by atoms with van der Waals surface area (Å²) < 4.78 is 22.6. The van der Waals surface area contributed by atoms with Crippen molar-refractivity contribution in [2.45, 2.75) is 52.5 Å². The first-order valence-electron chi connectivity index (χ1n) is 4.85. The summed E-state index contributed by atoms with van der Waals surface area (Å²) in [6, 6.07) is 0. The zero-order valence-electron chi connectivity index (χ0n) is 10.6. The van der Waals surface area contributed by atoms with Gasteiger partial charge in [0.15, 0.2) is 0 Å². The summed E-state index contributed by atoms with van der Waals surface area (Å²) in [5.74, 6) is -1.60. The molecule has 0 bridgehead atoms. The highest BCUT2D eigenvalue weighted by Crippen LogP contribution is 2.57. The van der Waals surface area contributed by atoms with E-state index in [1.54, 1.807) is 20.5 Å². The molecule has 0 amide bonds. The van der Waals surface area contributed by atoms with Gasteiger partial charge in [0, 0.05) is 32.6 Å². The maximum absolute atomic E-state index is 12.2. The summed E-state index contributed by atoms with van der Waals surface area (Å²) in [6.45, 7) is 11.5. The van der Waals surface area contributed by atoms with Crippen LogP contribution in [0.5, 0.6) is 0 Å². The van der Waals surface area contributed by atoms with Crippen LogP contribution in [-0.2, 0) is 18.6 Å². The molecule has 0 N–H and O–H groups in total. The second-order valence-corrected chi connectivity index (χ2v) is 8.32. The minimum atomic E-state index is -2.83. The molecule has 4 nitrogen and oxygen atoms in total. The fraction of sp³-hybridized carbons (Fsp3) is 0.900. The van der Waals surface area contributed by atoms with Gasteiger partial charge in [-0.15, -0.1) is 0 Å². The molecule has 0 radical (unpaired) electrons. The molecule has 15 heavy (non-hydrogen) atoms. The summed E-state index contributed by atoms with van der Waals surface area (Å²) >= 11 is 0. The molecular formula is C10H21O4P. The third-order valence-electron chi connectivity index (χ3n) is 2.00. The van der Waals surface area contributed by atoms with Crippen LogP contribution in [0.4, 0.5) is 0 Å². The van der Waals surface area contributed by atoms with E-state index in [1.165, 1.54) is 6.92 Å². The molecule has 0 aromatic rings. The average Bonchev–Trinajstić information content (AvgIpc) is 1.75. The monoisotopic (exact) mass is 236 g/mol. The molecule has 0 saturated carbocycles. The molecule has 0 aliphatic rings. The van der Waals surface area contributed by atoms with Crippen LogP contribution < -0.4 is 0 Å². The van der Waals surface area contributed by atoms with Crippen LogP contribution in [0.25, 0.3) is 0 Å². The van der Waals surface area contributed by atoms with Gasteiger partial charge in [0.2, 0.25) is 13.2 Å². The molecule has 0 heterocycles. The summed E-state index contributed by atoms with van der Waals surface area (Å²) in [4.78, 5) is 10.8. The van der Waals surface area contributed by atoms with Gasteiger partial charge in [-0.05, 0) is 0 Å². The summed E-state index contributed by atoms with van der Waals surface area (Å²) in [5, 5.41) is -0.468. The standard InChI is InChI=1S/C10H21O4P/c1-8(11)13-10(5,6)14-15(7,12)9(2,3)4/h1-7H3. The predicted molar refractivity (Wildman–Crippen MR) is 60.2 cm³/mol. The van der Waals surface area contributed by atoms with Gasteiger partial charge in [-0.3, -0.25) is 13.9 Å². The Bertz CT molecular complexity index is 288. The lowest BCUT2D eigenvalue weighted by Crippen LogP contribution is -2.32. The van der Waals surface area contributed by atoms with Crippen molar-refractivity contribution in [2.75, 3.05) is 6.66 Å². The van der Waals surface area contributed by atoms with Crippen molar-refractivity contribution in [3.05, 3.63) is 0 Å². The molecule has 0 rings (SSSR count). The molecule has 0 aromatic heterocycles. The highest BCUT2D eigenvalue weighted by Gasteiger charge is 2.39. The Morgan fingerprint density at radius 1 is 1.13 bits per heavy atom. The van der Waals surface area contributed by atoms with Crippen molar-refractivity contribution >= 4 is 13.3 Å². The maximum atomic E-state index is 12.2. The van der Waals surface area contributed by atoms with Crippen LogP contribution in [-0.4, -0.2) is 23.6 Å². The van der Waals surface area contributed by atoms with E-state index in [0.717, 1.165) is 0 Å². The lowest BCUT2D eigenvalue weighted by Gasteiger charge is -2.34. The molecule has 0 aromatic carbocycles. The maximum Gasteiger partial charge on any atom is 0.305 e. The molecule has 0 saturated heterocycles. The highest BCUT2D eigenvalue weighted by molar-refractivity contribution is 7.59. The van der Waals surface area contributed by atoms with Gasteiger partial charge in [0.1, 0.15) is 0 Å². The Kier molecular flexibility index (Phi) is 4.17. The first-order valence-corrected chi connectivity index (χ1v) is 6.92. The fourth-order valence-corrected chi connectivity index (χ4v) is 2.07. The third-order valence-corrected chi connectivity index (χ3v) is 5.23. The van der Waals surface area contributed by atoms with E-state index in [-0.39, 0.29) is 0 Å². The number of hydrogen-bond acceptors (Lipinski definition) is 4. The molecule has 5 heteroatoms. The zero-order chi connectivity index (χ0) is 12.5. The second kappa shape index (κ2) is 4.26. The lowest BCUT2D eigenvalue weighted by atomic mass is 10.3. The van der Waals surface area contributed by atoms with Gasteiger partial charge in [-0.1, -0.05) is 20.8 Å². The minimum absolute atomic E-state index is 0.450. The molecule has 1 unspecified atom stereocenters. The lowest BCUT2D eigenvalue weighted by molar-refractivity contribution is -0.183. The van der Waals surface area contributed by atoms with E-state index in [4.69, 9.17) is 9.26 Å². The van der Waals surface area contributed by atoms with Crippen LogP contribution in [0.3, 0.4) is 0 Å². The van der Waals surface area contributed by atoms with Crippen molar-refractivity contribution in [2.24, 2.45) is 0 Å². The molecule has 90 valence electrons. The van der Waals surface area contributed by atoms with Gasteiger partial charge in [0.25, 0.3) is 0 Å². The molecule has 0 aliphatic heterocycles. The molecule has 0 fully saturated rings. The van der Waals surface area contributed by atoms with Gasteiger partial charge in [-0.25, -0.2) is 0 Å². The first-order chi connectivity index (χ1) is 6.37. The quantitative estimate of drug-likeness (QED) is 0.429. The predicted octanol–water partition coefficient (Wildman–Crippen LogP) is 3.01. The third kappa shape index (κ3) is 4.80. The first kappa shape index (κ1) is 14.7. The van der Waals surface area contributed by atoms with E-state index in [9.17, 15) is 9.36 Å². The summed E-state index contributed by atoms with van der Waals surface area (Å²) in [7, 11) is -2.83. The molecule has 0 aliphatic carbocycles. The van der Waals surface area contributed by atoms with E-state index in [0.29, 0.717) is 0 Å². The summed E-state index contributed by atoms with van der Waals surface area (Å²) in [6.07, 6.45) is 0. The average molecular weight is 236 g/mol. The zero-order valence-corrected chi connectivity index (χ0v) is 11.5. The minimum Gasteiger partial charge on any atom is -0.433 e. The number of carbonyl (C=O) groups is 1.